The molecule has 0 saturated carbocycles. The molecule has 11 heavy (non-hydrogen) atoms. The average Bonchev–Trinajstić information content (AvgIpc) is 2.09. The van der Waals surface area contributed by atoms with E-state index in [0.29, 0.717) is 6.04 Å². The van der Waals surface area contributed by atoms with Crippen LogP contribution in [0.2, 0.25) is 6.04 Å². The summed E-state index contributed by atoms with van der Waals surface area (Å²) in [5.74, 6) is 0. The van der Waals surface area contributed by atoms with Crippen molar-refractivity contribution >= 4 is 10.0 Å². The molecular weight excluding hydrogens is 150 g/mol. The standard InChI is InChI=1S/C9H23NSi/c1-3-10(4-2)8-6-5-7-9-11/h3-9H2,1-2,11H3/i11T3. The van der Waals surface area contributed by atoms with Gasteiger partial charge in [0.15, 0.2) is 0 Å². The predicted octanol–water partition coefficient (Wildman–Crippen LogP) is 1.28. The molecule has 0 heterocycles. The van der Waals surface area contributed by atoms with Gasteiger partial charge in [0.25, 0.3) is 0 Å². The summed E-state index contributed by atoms with van der Waals surface area (Å²) < 4.78 is 21.6. The van der Waals surface area contributed by atoms with Crippen molar-refractivity contribution in [1.29, 1.82) is 3.70 Å². The van der Waals surface area contributed by atoms with E-state index in [-0.39, 0.29) is 0 Å². The van der Waals surface area contributed by atoms with Crippen molar-refractivity contribution in [2.45, 2.75) is 39.2 Å². The van der Waals surface area contributed by atoms with Crippen molar-refractivity contribution < 1.29 is 0 Å². The Kier molecular flexibility index (Phi) is 5.02. The van der Waals surface area contributed by atoms with Crippen molar-refractivity contribution in [1.82, 2.24) is 4.90 Å². The Morgan fingerprint density at radius 1 is 1.18 bits per heavy atom. The Labute approximate surface area is 78.3 Å². The van der Waals surface area contributed by atoms with Crippen LogP contribution in [-0.2, 0) is 0 Å². The summed E-state index contributed by atoms with van der Waals surface area (Å²) in [6.45, 7) is 7.66. The minimum Gasteiger partial charge on any atom is -0.304 e. The van der Waals surface area contributed by atoms with Gasteiger partial charge in [0.2, 0.25) is 0 Å². The normalized spacial score (nSPS) is 16.1. The molecule has 0 fully saturated rings. The average molecular weight is 179 g/mol. The first kappa shape index (κ1) is 6.67. The molecule has 0 aliphatic carbocycles. The number of rotatable bonds is 8. The molecule has 1 nitrogen and oxygen atoms in total. The monoisotopic (exact) mass is 179 g/mol. The molecule has 0 N–H and O–H groups in total. The van der Waals surface area contributed by atoms with E-state index in [0.717, 1.165) is 38.9 Å². The van der Waals surface area contributed by atoms with Gasteiger partial charge >= 0.3 is 0 Å². The highest BCUT2D eigenvalue weighted by molar-refractivity contribution is 6.08. The first-order valence-corrected chi connectivity index (χ1v) is 5.42. The fraction of sp³-hybridized carbons (Fsp3) is 1.00. The topological polar surface area (TPSA) is 3.24 Å². The van der Waals surface area contributed by atoms with Gasteiger partial charge in [-0.25, -0.2) is 0 Å². The van der Waals surface area contributed by atoms with Crippen molar-refractivity contribution in [2.75, 3.05) is 19.6 Å². The van der Waals surface area contributed by atoms with Crippen molar-refractivity contribution in [2.24, 2.45) is 0 Å². The van der Waals surface area contributed by atoms with Gasteiger partial charge in [0, 0.05) is 13.7 Å². The van der Waals surface area contributed by atoms with Crippen molar-refractivity contribution in [3.05, 3.63) is 0 Å². The highest BCUT2D eigenvalue weighted by Crippen LogP contribution is 2.00. The Hall–Kier alpha value is 0.177. The largest absolute Gasteiger partial charge is 0.304 e. The van der Waals surface area contributed by atoms with Crippen LogP contribution in [-0.4, -0.2) is 38.3 Å². The van der Waals surface area contributed by atoms with Crippen molar-refractivity contribution in [3.63, 3.8) is 0 Å². The second-order valence-electron chi connectivity index (χ2n) is 2.84. The maximum absolute atomic E-state index is 7.19. The molecule has 0 aliphatic heterocycles. The van der Waals surface area contributed by atoms with Crippen LogP contribution in [0, 0.1) is 0 Å². The fourth-order valence-corrected chi connectivity index (χ4v) is 1.43. The number of unbranched alkanes of at least 4 members (excludes halogenated alkanes) is 2. The van der Waals surface area contributed by atoms with Gasteiger partial charge in [0.05, 0.1) is 0 Å². The lowest BCUT2D eigenvalue weighted by Crippen LogP contribution is -2.23. The SMILES string of the molecule is [3H][Si]([3H])([3H])CCCCCN(CC)CC. The van der Waals surface area contributed by atoms with E-state index >= 15 is 0 Å². The first-order chi connectivity index (χ1) is 6.49. The van der Waals surface area contributed by atoms with Gasteiger partial charge in [-0.05, 0) is 26.1 Å². The molecule has 0 amide bonds. The van der Waals surface area contributed by atoms with Crippen LogP contribution in [0.4, 0.5) is 0 Å². The number of hydrogen-bond acceptors (Lipinski definition) is 1. The quantitative estimate of drug-likeness (QED) is 0.401. The molecule has 0 rings (SSSR count). The predicted molar refractivity (Wildman–Crippen MR) is 56.4 cm³/mol. The molecule has 0 radical (unpaired) electrons. The van der Waals surface area contributed by atoms with Crippen molar-refractivity contribution in [3.8, 4) is 0 Å². The summed E-state index contributed by atoms with van der Waals surface area (Å²) in [6, 6.07) is 0.505. The summed E-state index contributed by atoms with van der Waals surface area (Å²) in [7, 11) is -3.01. The molecule has 0 spiro atoms. The molecule has 0 aromatic heterocycles. The maximum atomic E-state index is 7.19. The van der Waals surface area contributed by atoms with Gasteiger partial charge < -0.3 is 4.90 Å². The van der Waals surface area contributed by atoms with E-state index in [2.05, 4.69) is 18.7 Å². The highest BCUT2D eigenvalue weighted by atomic mass is 28.1. The van der Waals surface area contributed by atoms with Crippen LogP contribution >= 0.6 is 0 Å². The van der Waals surface area contributed by atoms with Crippen LogP contribution in [0.15, 0.2) is 0 Å². The minimum absolute atomic E-state index is 0.505. The van der Waals surface area contributed by atoms with E-state index in [9.17, 15) is 0 Å². The third-order valence-electron chi connectivity index (χ3n) is 2.05. The summed E-state index contributed by atoms with van der Waals surface area (Å²) >= 11 is 0. The number of hydrogen-bond donors (Lipinski definition) is 0. The molecular formula is C9H23NSi. The minimum atomic E-state index is -3.01. The zero-order valence-corrected chi connectivity index (χ0v) is 8.90. The van der Waals surface area contributed by atoms with E-state index in [1.165, 1.54) is 0 Å². The van der Waals surface area contributed by atoms with Gasteiger partial charge in [-0.15, -0.1) is 0 Å². The third kappa shape index (κ3) is 6.57. The van der Waals surface area contributed by atoms with Crippen LogP contribution < -0.4 is 0 Å². The van der Waals surface area contributed by atoms with Gasteiger partial charge in [-0.2, -0.15) is 0 Å². The molecule has 0 aromatic carbocycles. The lowest BCUT2D eigenvalue weighted by Gasteiger charge is -2.17. The van der Waals surface area contributed by atoms with E-state index in [4.69, 9.17) is 3.70 Å². The molecule has 0 atom stereocenters. The Morgan fingerprint density at radius 2 is 1.91 bits per heavy atom. The summed E-state index contributed by atoms with van der Waals surface area (Å²) in [4.78, 5) is 2.38. The summed E-state index contributed by atoms with van der Waals surface area (Å²) in [5, 5.41) is 0. The molecule has 2 heteroatoms. The smallest absolute Gasteiger partial charge is 0.00729 e. The lowest BCUT2D eigenvalue weighted by atomic mass is 10.2. The molecule has 68 valence electrons. The Balaban J connectivity index is 3.29. The molecule has 0 bridgehead atoms. The summed E-state index contributed by atoms with van der Waals surface area (Å²) in [5.41, 5.74) is 0. The molecule has 0 unspecified atom stereocenters. The zero-order chi connectivity index (χ0) is 11.0. The second kappa shape index (κ2) is 8.28. The van der Waals surface area contributed by atoms with Gasteiger partial charge in [-0.1, -0.05) is 32.7 Å². The maximum Gasteiger partial charge on any atom is 0.00729 e. The highest BCUT2D eigenvalue weighted by Gasteiger charge is 1.96. The molecule has 0 aliphatic rings. The number of nitrogens with zero attached hydrogens (tertiary/aromatic N) is 1. The lowest BCUT2D eigenvalue weighted by molar-refractivity contribution is 0.296. The van der Waals surface area contributed by atoms with E-state index < -0.39 is 10.0 Å². The fourth-order valence-electron chi connectivity index (χ4n) is 1.18. The van der Waals surface area contributed by atoms with Crippen LogP contribution in [0.3, 0.4) is 0 Å². The second-order valence-corrected chi connectivity index (χ2v) is 3.34. The first-order valence-electron chi connectivity index (χ1n) is 6.22. The van der Waals surface area contributed by atoms with E-state index in [1.807, 2.05) is 0 Å². The zero-order valence-electron chi connectivity index (χ0n) is 10.9. The van der Waals surface area contributed by atoms with Crippen LogP contribution in [0.25, 0.3) is 0 Å². The molecule has 0 saturated heterocycles. The van der Waals surface area contributed by atoms with Gasteiger partial charge in [-0.3, -0.25) is 0 Å². The third-order valence-corrected chi connectivity index (χ3v) is 2.40. The van der Waals surface area contributed by atoms with Crippen LogP contribution in [0.5, 0.6) is 0 Å². The Bertz CT molecular complexity index is 135. The van der Waals surface area contributed by atoms with Gasteiger partial charge in [0.1, 0.15) is 0 Å². The Morgan fingerprint density at radius 3 is 2.45 bits per heavy atom. The van der Waals surface area contributed by atoms with Crippen LogP contribution in [0.1, 0.15) is 33.1 Å². The molecule has 0 aromatic rings. The van der Waals surface area contributed by atoms with E-state index in [1.54, 1.807) is 0 Å². The summed E-state index contributed by atoms with van der Waals surface area (Å²) in [6.07, 6.45) is 3.11.